The Morgan fingerprint density at radius 3 is 2.48 bits per heavy atom. The SMILES string of the molecule is O=C(NOCCCO)c1cc(F)c(F)cc1Nc1ccc(I)cc1F. The summed E-state index contributed by atoms with van der Waals surface area (Å²) in [5.41, 5.74) is 1.67. The molecule has 0 saturated carbocycles. The maximum Gasteiger partial charge on any atom is 0.277 e. The Morgan fingerprint density at radius 1 is 1.08 bits per heavy atom. The van der Waals surface area contributed by atoms with E-state index in [0.29, 0.717) is 9.64 Å². The molecule has 0 saturated heterocycles. The number of anilines is 2. The topological polar surface area (TPSA) is 70.6 Å². The fraction of sp³-hybridized carbons (Fsp3) is 0.188. The highest BCUT2D eigenvalue weighted by Gasteiger charge is 2.17. The second kappa shape index (κ2) is 9.02. The summed E-state index contributed by atoms with van der Waals surface area (Å²) in [6.07, 6.45) is 0.289. The van der Waals surface area contributed by atoms with Crippen molar-refractivity contribution in [1.29, 1.82) is 0 Å². The molecule has 3 N–H and O–H groups in total. The van der Waals surface area contributed by atoms with Gasteiger partial charge in [-0.05, 0) is 53.3 Å². The predicted octanol–water partition coefficient (Wildman–Crippen LogP) is 3.50. The number of rotatable bonds is 7. The standard InChI is InChI=1S/C16H14F3IN2O3/c17-11-7-10(16(24)22-25-5-1-4-23)15(8-12(11)18)21-14-3-2-9(20)6-13(14)19/h2-3,6-8,21,23H,1,4-5H2,(H,22,24). The molecule has 0 fully saturated rings. The lowest BCUT2D eigenvalue weighted by Gasteiger charge is -2.13. The smallest absolute Gasteiger partial charge is 0.277 e. The average molecular weight is 466 g/mol. The monoisotopic (exact) mass is 466 g/mol. The number of hydroxylamine groups is 1. The molecule has 134 valence electrons. The molecule has 9 heteroatoms. The molecule has 0 unspecified atom stereocenters. The third kappa shape index (κ3) is 5.31. The van der Waals surface area contributed by atoms with Gasteiger partial charge in [0.1, 0.15) is 5.82 Å². The van der Waals surface area contributed by atoms with E-state index in [9.17, 15) is 18.0 Å². The van der Waals surface area contributed by atoms with Crippen molar-refractivity contribution in [3.05, 3.63) is 56.9 Å². The first-order valence-electron chi connectivity index (χ1n) is 7.16. The van der Waals surface area contributed by atoms with Crippen molar-refractivity contribution in [1.82, 2.24) is 5.48 Å². The van der Waals surface area contributed by atoms with E-state index >= 15 is 0 Å². The van der Waals surface area contributed by atoms with Gasteiger partial charge < -0.3 is 10.4 Å². The molecular weight excluding hydrogens is 452 g/mol. The Bertz CT molecular complexity index is 775. The van der Waals surface area contributed by atoms with Gasteiger partial charge in [-0.1, -0.05) is 0 Å². The summed E-state index contributed by atoms with van der Waals surface area (Å²) in [6.45, 7) is -0.0830. The number of carbonyl (C=O) groups excluding carboxylic acids is 1. The lowest BCUT2D eigenvalue weighted by atomic mass is 10.1. The third-order valence-electron chi connectivity index (χ3n) is 3.07. The first-order valence-corrected chi connectivity index (χ1v) is 8.24. The van der Waals surface area contributed by atoms with Gasteiger partial charge >= 0.3 is 0 Å². The number of hydrogen-bond acceptors (Lipinski definition) is 4. The van der Waals surface area contributed by atoms with Gasteiger partial charge in [-0.3, -0.25) is 9.63 Å². The first-order chi connectivity index (χ1) is 11.9. The summed E-state index contributed by atoms with van der Waals surface area (Å²) >= 11 is 1.93. The fourth-order valence-electron chi connectivity index (χ4n) is 1.88. The third-order valence-corrected chi connectivity index (χ3v) is 3.75. The van der Waals surface area contributed by atoms with E-state index in [0.717, 1.165) is 6.07 Å². The lowest BCUT2D eigenvalue weighted by Crippen LogP contribution is -2.25. The van der Waals surface area contributed by atoms with Crippen LogP contribution < -0.4 is 10.8 Å². The van der Waals surface area contributed by atoms with Gasteiger partial charge in [-0.2, -0.15) is 0 Å². The number of nitrogens with one attached hydrogen (secondary N) is 2. The summed E-state index contributed by atoms with van der Waals surface area (Å²) in [5, 5.41) is 11.2. The van der Waals surface area contributed by atoms with Crippen LogP contribution in [0.3, 0.4) is 0 Å². The Kier molecular flexibility index (Phi) is 7.02. The quantitative estimate of drug-likeness (QED) is 0.332. The van der Waals surface area contributed by atoms with Crippen molar-refractivity contribution in [3.8, 4) is 0 Å². The van der Waals surface area contributed by atoms with Gasteiger partial charge in [0.2, 0.25) is 0 Å². The molecule has 0 atom stereocenters. The Balaban J connectivity index is 2.26. The summed E-state index contributed by atoms with van der Waals surface area (Å²) < 4.78 is 41.6. The molecule has 0 aromatic heterocycles. The number of aliphatic hydroxyl groups excluding tert-OH is 1. The van der Waals surface area contributed by atoms with Gasteiger partial charge in [0.15, 0.2) is 11.6 Å². The van der Waals surface area contributed by atoms with E-state index in [-0.39, 0.29) is 36.6 Å². The van der Waals surface area contributed by atoms with Crippen LogP contribution in [0.15, 0.2) is 30.3 Å². The van der Waals surface area contributed by atoms with Crippen LogP contribution in [0.2, 0.25) is 0 Å². The maximum atomic E-state index is 14.0. The number of hydrogen-bond donors (Lipinski definition) is 3. The second-order valence-electron chi connectivity index (χ2n) is 4.92. The zero-order valence-corrected chi connectivity index (χ0v) is 14.9. The van der Waals surface area contributed by atoms with E-state index in [1.807, 2.05) is 22.6 Å². The molecule has 0 aliphatic carbocycles. The van der Waals surface area contributed by atoms with Crippen molar-refractivity contribution in [2.75, 3.05) is 18.5 Å². The minimum absolute atomic E-state index is 0.00155. The highest BCUT2D eigenvalue weighted by molar-refractivity contribution is 14.1. The number of halogens is 4. The van der Waals surface area contributed by atoms with Gasteiger partial charge in [0.25, 0.3) is 5.91 Å². The number of amides is 1. The molecule has 5 nitrogen and oxygen atoms in total. The van der Waals surface area contributed by atoms with Crippen molar-refractivity contribution in [2.45, 2.75) is 6.42 Å². The van der Waals surface area contributed by atoms with Crippen molar-refractivity contribution < 1.29 is 27.9 Å². The fourth-order valence-corrected chi connectivity index (χ4v) is 2.34. The molecular formula is C16H14F3IN2O3. The molecule has 25 heavy (non-hydrogen) atoms. The highest BCUT2D eigenvalue weighted by atomic mass is 127. The van der Waals surface area contributed by atoms with E-state index in [1.165, 1.54) is 12.1 Å². The van der Waals surface area contributed by atoms with Gasteiger partial charge in [-0.15, -0.1) is 0 Å². The largest absolute Gasteiger partial charge is 0.396 e. The van der Waals surface area contributed by atoms with Crippen LogP contribution in [0.25, 0.3) is 0 Å². The summed E-state index contributed by atoms with van der Waals surface area (Å²) in [6, 6.07) is 5.73. The van der Waals surface area contributed by atoms with Crippen molar-refractivity contribution in [2.24, 2.45) is 0 Å². The zero-order chi connectivity index (χ0) is 18.4. The number of benzene rings is 2. The second-order valence-corrected chi connectivity index (χ2v) is 6.16. The van der Waals surface area contributed by atoms with Crippen LogP contribution in [0.1, 0.15) is 16.8 Å². The van der Waals surface area contributed by atoms with Gasteiger partial charge in [0, 0.05) is 16.2 Å². The van der Waals surface area contributed by atoms with Crippen LogP contribution in [0.4, 0.5) is 24.5 Å². The molecule has 2 rings (SSSR count). The van der Waals surface area contributed by atoms with Crippen molar-refractivity contribution >= 4 is 39.9 Å². The summed E-state index contributed by atoms with van der Waals surface area (Å²) in [4.78, 5) is 16.9. The van der Waals surface area contributed by atoms with Gasteiger partial charge in [-0.25, -0.2) is 18.7 Å². The molecule has 0 spiro atoms. The molecule has 1 amide bonds. The molecule has 2 aromatic carbocycles. The van der Waals surface area contributed by atoms with Crippen LogP contribution in [-0.2, 0) is 4.84 Å². The average Bonchev–Trinajstić information content (AvgIpc) is 2.57. The number of aliphatic hydroxyl groups is 1. The maximum absolute atomic E-state index is 14.0. The van der Waals surface area contributed by atoms with Crippen LogP contribution in [0, 0.1) is 21.0 Å². The summed E-state index contributed by atoms with van der Waals surface area (Å²) in [5.74, 6) is -3.87. The minimum atomic E-state index is -1.23. The van der Waals surface area contributed by atoms with Crippen molar-refractivity contribution in [3.63, 3.8) is 0 Å². The van der Waals surface area contributed by atoms with E-state index in [1.54, 1.807) is 6.07 Å². The Morgan fingerprint density at radius 2 is 1.80 bits per heavy atom. The van der Waals surface area contributed by atoms with Crippen LogP contribution >= 0.6 is 22.6 Å². The molecule has 0 bridgehead atoms. The van der Waals surface area contributed by atoms with E-state index in [2.05, 4.69) is 10.8 Å². The molecule has 0 aliphatic rings. The zero-order valence-electron chi connectivity index (χ0n) is 12.8. The molecule has 0 heterocycles. The van der Waals surface area contributed by atoms with Crippen LogP contribution in [0.5, 0.6) is 0 Å². The van der Waals surface area contributed by atoms with Gasteiger partial charge in [0.05, 0.1) is 23.5 Å². The molecule has 2 aromatic rings. The minimum Gasteiger partial charge on any atom is -0.396 e. The van der Waals surface area contributed by atoms with Crippen LogP contribution in [-0.4, -0.2) is 24.2 Å². The number of carbonyl (C=O) groups is 1. The van der Waals surface area contributed by atoms with E-state index in [4.69, 9.17) is 9.94 Å². The molecule has 0 aliphatic heterocycles. The molecule has 0 radical (unpaired) electrons. The predicted molar refractivity (Wildman–Crippen MR) is 93.9 cm³/mol. The lowest BCUT2D eigenvalue weighted by molar-refractivity contribution is 0.0262. The highest BCUT2D eigenvalue weighted by Crippen LogP contribution is 2.26. The summed E-state index contributed by atoms with van der Waals surface area (Å²) in [7, 11) is 0. The first kappa shape index (κ1) is 19.5. The normalized spacial score (nSPS) is 10.6. The Hall–Kier alpha value is -1.85. The van der Waals surface area contributed by atoms with E-state index < -0.39 is 23.4 Å². The Labute approximate surface area is 155 Å².